The van der Waals surface area contributed by atoms with Gasteiger partial charge in [-0.25, -0.2) is 0 Å². The fraction of sp³-hybridized carbons (Fsp3) is 0.967. The van der Waals surface area contributed by atoms with Crippen LogP contribution in [0.15, 0.2) is 0 Å². The first-order chi connectivity index (χ1) is 15.0. The normalized spacial score (nSPS) is 50.1. The molecule has 0 unspecified atom stereocenters. The van der Waals surface area contributed by atoms with Gasteiger partial charge in [-0.1, -0.05) is 67.7 Å². The van der Waals surface area contributed by atoms with E-state index in [-0.39, 0.29) is 10.8 Å². The van der Waals surface area contributed by atoms with Crippen molar-refractivity contribution in [2.24, 2.45) is 57.2 Å². The van der Waals surface area contributed by atoms with Gasteiger partial charge in [-0.15, -0.1) is 0 Å². The van der Waals surface area contributed by atoms with E-state index >= 15 is 0 Å². The Morgan fingerprint density at radius 1 is 1.00 bits per heavy atom. The van der Waals surface area contributed by atoms with E-state index in [1.807, 2.05) is 0 Å². The van der Waals surface area contributed by atoms with Crippen LogP contribution in [0.25, 0.3) is 0 Å². The third-order valence-corrected chi connectivity index (χ3v) is 12.5. The minimum Gasteiger partial charge on any atom is -0.377 e. The molecule has 32 heavy (non-hydrogen) atoms. The fourth-order valence-electron chi connectivity index (χ4n) is 10.8. The SMILES string of the molecule is CC(C)CCC[C@@H](C)[C@H]1CC[C@@]2(C)[C@@H]3CC[C@H]4C(C)(C)C(=O)CC[C@]4(C)[C@H]3[C@@H]3C[C@]12CO3. The molecule has 0 aromatic carbocycles. The summed E-state index contributed by atoms with van der Waals surface area (Å²) in [7, 11) is 0. The van der Waals surface area contributed by atoms with E-state index in [1.54, 1.807) is 0 Å². The Balaban J connectivity index is 1.44. The lowest BCUT2D eigenvalue weighted by atomic mass is 9.38. The van der Waals surface area contributed by atoms with Crippen molar-refractivity contribution in [3.63, 3.8) is 0 Å². The van der Waals surface area contributed by atoms with Crippen LogP contribution in [0.3, 0.4) is 0 Å². The third-order valence-electron chi connectivity index (χ3n) is 12.5. The lowest BCUT2D eigenvalue weighted by Gasteiger charge is -2.65. The number of carbonyl (C=O) groups is 1. The van der Waals surface area contributed by atoms with Crippen molar-refractivity contribution in [2.45, 2.75) is 119 Å². The van der Waals surface area contributed by atoms with Crippen LogP contribution in [0.2, 0.25) is 0 Å². The summed E-state index contributed by atoms with van der Waals surface area (Å²) in [6.45, 7) is 18.1. The van der Waals surface area contributed by atoms with E-state index in [0.717, 1.165) is 43.1 Å². The van der Waals surface area contributed by atoms with Crippen LogP contribution in [0.1, 0.15) is 113 Å². The molecule has 1 aliphatic heterocycles. The van der Waals surface area contributed by atoms with E-state index in [2.05, 4.69) is 48.5 Å². The van der Waals surface area contributed by atoms with Gasteiger partial charge >= 0.3 is 0 Å². The van der Waals surface area contributed by atoms with E-state index in [0.29, 0.717) is 34.6 Å². The maximum absolute atomic E-state index is 12.9. The summed E-state index contributed by atoms with van der Waals surface area (Å²) in [6, 6.07) is 0. The number of ether oxygens (including phenoxy) is 1. The molecule has 1 spiro atoms. The molecule has 1 heterocycles. The highest BCUT2D eigenvalue weighted by atomic mass is 16.5. The zero-order chi connectivity index (χ0) is 23.1. The molecule has 0 aromatic rings. The number of hydrogen-bond acceptors (Lipinski definition) is 2. The highest BCUT2D eigenvalue weighted by Gasteiger charge is 2.73. The second-order valence-electron chi connectivity index (χ2n) is 14.5. The average molecular weight is 443 g/mol. The zero-order valence-electron chi connectivity index (χ0n) is 22.1. The molecule has 1 saturated heterocycles. The number of ketones is 1. The minimum atomic E-state index is -0.158. The van der Waals surface area contributed by atoms with E-state index < -0.39 is 0 Å². The molecule has 0 aromatic heterocycles. The molecule has 4 aliphatic carbocycles. The molecule has 182 valence electrons. The monoisotopic (exact) mass is 442 g/mol. The van der Waals surface area contributed by atoms with Crippen molar-refractivity contribution < 1.29 is 9.53 Å². The molecule has 0 amide bonds. The van der Waals surface area contributed by atoms with Gasteiger partial charge in [0.25, 0.3) is 0 Å². The molecule has 4 saturated carbocycles. The Morgan fingerprint density at radius 2 is 1.75 bits per heavy atom. The Labute approximate surface area is 198 Å². The summed E-state index contributed by atoms with van der Waals surface area (Å²) in [5.74, 6) is 4.99. The van der Waals surface area contributed by atoms with Gasteiger partial charge in [-0.3, -0.25) is 4.79 Å². The fourth-order valence-corrected chi connectivity index (χ4v) is 10.8. The third kappa shape index (κ3) is 2.96. The van der Waals surface area contributed by atoms with Gasteiger partial charge in [0.05, 0.1) is 12.7 Å². The maximum atomic E-state index is 12.9. The summed E-state index contributed by atoms with van der Waals surface area (Å²) < 4.78 is 6.86. The van der Waals surface area contributed by atoms with Crippen LogP contribution in [-0.4, -0.2) is 18.5 Å². The zero-order valence-corrected chi connectivity index (χ0v) is 22.1. The quantitative estimate of drug-likeness (QED) is 0.436. The molecule has 0 N–H and O–H groups in total. The number of carbonyl (C=O) groups excluding carboxylic acids is 1. The van der Waals surface area contributed by atoms with Crippen LogP contribution in [0, 0.1) is 57.2 Å². The number of rotatable bonds is 5. The van der Waals surface area contributed by atoms with Crippen molar-refractivity contribution in [3.05, 3.63) is 0 Å². The average Bonchev–Trinajstić information content (AvgIpc) is 3.26. The number of hydrogen-bond donors (Lipinski definition) is 0. The first-order valence-corrected chi connectivity index (χ1v) is 14.1. The smallest absolute Gasteiger partial charge is 0.138 e. The van der Waals surface area contributed by atoms with Crippen LogP contribution in [0.4, 0.5) is 0 Å². The maximum Gasteiger partial charge on any atom is 0.138 e. The Bertz CT molecular complexity index is 754. The minimum absolute atomic E-state index is 0.158. The topological polar surface area (TPSA) is 26.3 Å². The van der Waals surface area contributed by atoms with Crippen LogP contribution >= 0.6 is 0 Å². The standard InChI is InChI=1S/C30H50O2/c1-19(2)9-8-10-20(3)21-13-16-29(7)22-11-12-24-27(4,5)25(31)14-15-28(24,6)26(22)23-17-30(21,29)18-32-23/h19-24,26H,8-18H2,1-7H3/t20-,21-,22-,23+,24+,26-,28+,29+,30+/m1/s1. The van der Waals surface area contributed by atoms with Crippen molar-refractivity contribution >= 4 is 5.78 Å². The molecule has 9 atom stereocenters. The number of Topliss-reactive ketones (excluding diaryl/α,β-unsaturated/α-hetero) is 1. The van der Waals surface area contributed by atoms with E-state index in [9.17, 15) is 4.79 Å². The van der Waals surface area contributed by atoms with Gasteiger partial charge in [0.1, 0.15) is 5.78 Å². The molecule has 2 bridgehead atoms. The van der Waals surface area contributed by atoms with Gasteiger partial charge in [0.15, 0.2) is 0 Å². The van der Waals surface area contributed by atoms with Crippen LogP contribution < -0.4 is 0 Å². The molecule has 5 aliphatic rings. The predicted octanol–water partition coefficient (Wildman–Crippen LogP) is 7.69. The van der Waals surface area contributed by atoms with Gasteiger partial charge in [0.2, 0.25) is 0 Å². The molecular formula is C30H50O2. The Kier molecular flexibility index (Phi) is 5.52. The van der Waals surface area contributed by atoms with Crippen LogP contribution in [0.5, 0.6) is 0 Å². The van der Waals surface area contributed by atoms with Crippen LogP contribution in [-0.2, 0) is 9.53 Å². The van der Waals surface area contributed by atoms with Gasteiger partial charge < -0.3 is 4.74 Å². The molecule has 2 nitrogen and oxygen atoms in total. The largest absolute Gasteiger partial charge is 0.377 e. The summed E-state index contributed by atoms with van der Waals surface area (Å²) in [5.41, 5.74) is 0.959. The molecule has 2 heteroatoms. The highest BCUT2D eigenvalue weighted by molar-refractivity contribution is 5.85. The predicted molar refractivity (Wildman–Crippen MR) is 131 cm³/mol. The number of fused-ring (bicyclic) bond motifs is 6. The van der Waals surface area contributed by atoms with E-state index in [1.165, 1.54) is 51.4 Å². The van der Waals surface area contributed by atoms with E-state index in [4.69, 9.17) is 4.74 Å². The lowest BCUT2D eigenvalue weighted by molar-refractivity contribution is -0.186. The highest BCUT2D eigenvalue weighted by Crippen LogP contribution is 2.76. The van der Waals surface area contributed by atoms with Gasteiger partial charge in [-0.05, 0) is 84.9 Å². The first-order valence-electron chi connectivity index (χ1n) is 14.1. The van der Waals surface area contributed by atoms with Gasteiger partial charge in [-0.2, -0.15) is 0 Å². The first kappa shape index (κ1) is 23.4. The van der Waals surface area contributed by atoms with Gasteiger partial charge in [0, 0.05) is 17.3 Å². The summed E-state index contributed by atoms with van der Waals surface area (Å²) in [6.07, 6.45) is 13.2. The molecule has 5 fully saturated rings. The van der Waals surface area contributed by atoms with Crippen molar-refractivity contribution in [2.75, 3.05) is 6.61 Å². The van der Waals surface area contributed by atoms with Crippen molar-refractivity contribution in [1.29, 1.82) is 0 Å². The summed E-state index contributed by atoms with van der Waals surface area (Å²) >= 11 is 0. The molecule has 0 radical (unpaired) electrons. The van der Waals surface area contributed by atoms with Crippen molar-refractivity contribution in [3.8, 4) is 0 Å². The Morgan fingerprint density at radius 3 is 2.47 bits per heavy atom. The summed E-state index contributed by atoms with van der Waals surface area (Å²) in [4.78, 5) is 12.9. The van der Waals surface area contributed by atoms with Crippen molar-refractivity contribution in [1.82, 2.24) is 0 Å². The second-order valence-corrected chi connectivity index (χ2v) is 14.5. The summed E-state index contributed by atoms with van der Waals surface area (Å²) in [5, 5.41) is 0. The molecular weight excluding hydrogens is 392 g/mol. The molecule has 5 rings (SSSR count). The second kappa shape index (κ2) is 7.56. The lowest BCUT2D eigenvalue weighted by Crippen LogP contribution is -2.63. The Hall–Kier alpha value is -0.370.